The molecule has 0 saturated heterocycles. The summed E-state index contributed by atoms with van der Waals surface area (Å²) in [4.78, 5) is 1.98. The lowest BCUT2D eigenvalue weighted by Crippen LogP contribution is -2.37. The van der Waals surface area contributed by atoms with Crippen LogP contribution in [-0.4, -0.2) is 11.9 Å². The Bertz CT molecular complexity index is 465. The summed E-state index contributed by atoms with van der Waals surface area (Å²) in [5.74, 6) is 0. The first kappa shape index (κ1) is 12.7. The van der Waals surface area contributed by atoms with E-state index in [1.165, 1.54) is 6.42 Å². The Labute approximate surface area is 109 Å². The van der Waals surface area contributed by atoms with Crippen LogP contribution in [0.2, 0.25) is 0 Å². The van der Waals surface area contributed by atoms with Gasteiger partial charge in [0.15, 0.2) is 0 Å². The molecule has 0 amide bonds. The van der Waals surface area contributed by atoms with E-state index in [1.807, 2.05) is 25.8 Å². The maximum atomic E-state index is 9.53. The number of nitrogens with zero attached hydrogens (tertiary/aromatic N) is 3. The van der Waals surface area contributed by atoms with Gasteiger partial charge >= 0.3 is 0 Å². The third-order valence-corrected chi connectivity index (χ3v) is 4.62. The van der Waals surface area contributed by atoms with Crippen molar-refractivity contribution in [1.82, 2.24) is 4.90 Å². The lowest BCUT2D eigenvalue weighted by atomic mass is 9.62. The van der Waals surface area contributed by atoms with Gasteiger partial charge in [-0.3, -0.25) is 0 Å². The molecule has 1 heterocycles. The number of nitriles is 2. The van der Waals surface area contributed by atoms with Crippen molar-refractivity contribution in [1.29, 1.82) is 10.5 Å². The molecule has 3 nitrogen and oxygen atoms in total. The van der Waals surface area contributed by atoms with E-state index in [-0.39, 0.29) is 5.41 Å². The number of hydrogen-bond donors (Lipinski definition) is 0. The average Bonchev–Trinajstić information content (AvgIpc) is 2.39. The molecule has 0 aromatic rings. The molecule has 1 aliphatic carbocycles. The molecule has 0 bridgehead atoms. The third kappa shape index (κ3) is 1.55. The van der Waals surface area contributed by atoms with Crippen LogP contribution in [0.5, 0.6) is 0 Å². The summed E-state index contributed by atoms with van der Waals surface area (Å²) in [5, 5.41) is 19.1. The molecule has 0 atom stereocenters. The van der Waals surface area contributed by atoms with Gasteiger partial charge in [-0.2, -0.15) is 10.5 Å². The molecular formula is C15H19N3. The first-order chi connectivity index (χ1) is 8.58. The second kappa shape index (κ2) is 4.50. The molecule has 1 aliphatic heterocycles. The quantitative estimate of drug-likeness (QED) is 0.652. The fourth-order valence-electron chi connectivity index (χ4n) is 3.44. The highest BCUT2D eigenvalue weighted by Crippen LogP contribution is 2.52. The summed E-state index contributed by atoms with van der Waals surface area (Å²) < 4.78 is 0. The van der Waals surface area contributed by atoms with Crippen LogP contribution >= 0.6 is 0 Å². The van der Waals surface area contributed by atoms with Gasteiger partial charge in [0.05, 0.1) is 23.3 Å². The third-order valence-electron chi connectivity index (χ3n) is 4.62. The summed E-state index contributed by atoms with van der Waals surface area (Å²) >= 11 is 0. The second-order valence-corrected chi connectivity index (χ2v) is 5.35. The largest absolute Gasteiger partial charge is 0.350 e. The smallest absolute Gasteiger partial charge is 0.0975 e. The van der Waals surface area contributed by atoms with Gasteiger partial charge in [0.2, 0.25) is 0 Å². The van der Waals surface area contributed by atoms with Gasteiger partial charge in [-0.1, -0.05) is 19.3 Å². The molecule has 0 N–H and O–H groups in total. The van der Waals surface area contributed by atoms with Crippen LogP contribution in [0.3, 0.4) is 0 Å². The summed E-state index contributed by atoms with van der Waals surface area (Å²) in [6.07, 6.45) is 5.33. The minimum absolute atomic E-state index is 0.289. The minimum atomic E-state index is -0.289. The van der Waals surface area contributed by atoms with E-state index in [2.05, 4.69) is 12.1 Å². The first-order valence-electron chi connectivity index (χ1n) is 6.55. The van der Waals surface area contributed by atoms with Gasteiger partial charge in [0.1, 0.15) is 0 Å². The summed E-state index contributed by atoms with van der Waals surface area (Å²) in [7, 11) is 1.94. The molecular weight excluding hydrogens is 222 g/mol. The standard InChI is InChI=1S/C15H19N3/c1-11-13(9-16)15(7-5-4-6-8-15)14(10-17)12(2)18(11)3/h4-8H2,1-3H3. The second-order valence-electron chi connectivity index (χ2n) is 5.35. The van der Waals surface area contributed by atoms with Crippen LogP contribution in [-0.2, 0) is 0 Å². The molecule has 18 heavy (non-hydrogen) atoms. The Kier molecular flexibility index (Phi) is 3.18. The maximum absolute atomic E-state index is 9.53. The lowest BCUT2D eigenvalue weighted by Gasteiger charge is -2.43. The number of rotatable bonds is 0. The maximum Gasteiger partial charge on any atom is 0.0975 e. The lowest BCUT2D eigenvalue weighted by molar-refractivity contribution is 0.275. The Hall–Kier alpha value is -1.74. The van der Waals surface area contributed by atoms with E-state index in [4.69, 9.17) is 0 Å². The summed E-state index contributed by atoms with van der Waals surface area (Å²) in [6.45, 7) is 3.99. The molecule has 94 valence electrons. The number of hydrogen-bond acceptors (Lipinski definition) is 3. The van der Waals surface area contributed by atoms with Gasteiger partial charge in [0, 0.05) is 23.9 Å². The molecule has 0 aromatic carbocycles. The van der Waals surface area contributed by atoms with Crippen molar-refractivity contribution in [2.24, 2.45) is 5.41 Å². The fourth-order valence-corrected chi connectivity index (χ4v) is 3.44. The highest BCUT2D eigenvalue weighted by molar-refractivity contribution is 5.52. The zero-order chi connectivity index (χ0) is 13.3. The van der Waals surface area contributed by atoms with Crippen molar-refractivity contribution >= 4 is 0 Å². The van der Waals surface area contributed by atoms with Crippen LogP contribution in [0.1, 0.15) is 46.0 Å². The average molecular weight is 241 g/mol. The molecule has 1 spiro atoms. The Morgan fingerprint density at radius 1 is 0.944 bits per heavy atom. The summed E-state index contributed by atoms with van der Waals surface area (Å²) in [6, 6.07) is 4.76. The van der Waals surface area contributed by atoms with Crippen molar-refractivity contribution in [3.8, 4) is 12.1 Å². The molecule has 1 saturated carbocycles. The molecule has 1 fully saturated rings. The first-order valence-corrected chi connectivity index (χ1v) is 6.55. The van der Waals surface area contributed by atoms with E-state index in [9.17, 15) is 10.5 Å². The molecule has 0 radical (unpaired) electrons. The van der Waals surface area contributed by atoms with Crippen molar-refractivity contribution < 1.29 is 0 Å². The van der Waals surface area contributed by atoms with Crippen LogP contribution in [0.25, 0.3) is 0 Å². The van der Waals surface area contributed by atoms with E-state index in [0.29, 0.717) is 0 Å². The van der Waals surface area contributed by atoms with Gasteiger partial charge in [-0.15, -0.1) is 0 Å². The monoisotopic (exact) mass is 241 g/mol. The predicted octanol–water partition coefficient (Wildman–Crippen LogP) is 3.48. The SMILES string of the molecule is CC1=C(C#N)C2(CCCCC2)C(C#N)=C(C)N1C. The van der Waals surface area contributed by atoms with Crippen LogP contribution in [0, 0.1) is 28.1 Å². The molecule has 0 aromatic heterocycles. The summed E-state index contributed by atoms with van der Waals surface area (Å²) in [5.41, 5.74) is 3.35. The topological polar surface area (TPSA) is 50.8 Å². The zero-order valence-corrected chi connectivity index (χ0v) is 11.4. The number of allylic oxidation sites excluding steroid dienone is 4. The molecule has 3 heteroatoms. The van der Waals surface area contributed by atoms with E-state index in [0.717, 1.165) is 48.2 Å². The van der Waals surface area contributed by atoms with Gasteiger partial charge in [0.25, 0.3) is 0 Å². The van der Waals surface area contributed by atoms with E-state index in [1.54, 1.807) is 0 Å². The Morgan fingerprint density at radius 3 is 1.78 bits per heavy atom. The Morgan fingerprint density at radius 2 is 1.39 bits per heavy atom. The molecule has 2 aliphatic rings. The van der Waals surface area contributed by atoms with Gasteiger partial charge < -0.3 is 4.90 Å². The highest BCUT2D eigenvalue weighted by atomic mass is 15.1. The van der Waals surface area contributed by atoms with E-state index >= 15 is 0 Å². The van der Waals surface area contributed by atoms with Gasteiger partial charge in [-0.25, -0.2) is 0 Å². The normalized spacial score (nSPS) is 23.1. The molecule has 0 unspecified atom stereocenters. The molecule has 2 rings (SSSR count). The fraction of sp³-hybridized carbons (Fsp3) is 0.600. The van der Waals surface area contributed by atoms with E-state index < -0.39 is 0 Å². The van der Waals surface area contributed by atoms with Crippen molar-refractivity contribution in [3.05, 3.63) is 22.5 Å². The van der Waals surface area contributed by atoms with Crippen LogP contribution in [0.15, 0.2) is 22.5 Å². The zero-order valence-electron chi connectivity index (χ0n) is 11.4. The minimum Gasteiger partial charge on any atom is -0.350 e. The van der Waals surface area contributed by atoms with Crippen molar-refractivity contribution in [3.63, 3.8) is 0 Å². The van der Waals surface area contributed by atoms with Crippen LogP contribution in [0.4, 0.5) is 0 Å². The highest BCUT2D eigenvalue weighted by Gasteiger charge is 2.45. The van der Waals surface area contributed by atoms with Crippen LogP contribution < -0.4 is 0 Å². The Balaban J connectivity index is 2.65. The predicted molar refractivity (Wildman–Crippen MR) is 69.9 cm³/mol. The van der Waals surface area contributed by atoms with Gasteiger partial charge in [-0.05, 0) is 26.7 Å². The van der Waals surface area contributed by atoms with Crippen molar-refractivity contribution in [2.45, 2.75) is 46.0 Å². The van der Waals surface area contributed by atoms with Crippen molar-refractivity contribution in [2.75, 3.05) is 7.05 Å².